The second-order valence-corrected chi connectivity index (χ2v) is 12.5. The van der Waals surface area contributed by atoms with Crippen LogP contribution in [0.25, 0.3) is 11.1 Å². The van der Waals surface area contributed by atoms with Gasteiger partial charge in [-0.05, 0) is 66.3 Å². The van der Waals surface area contributed by atoms with Crippen molar-refractivity contribution in [3.05, 3.63) is 106 Å². The van der Waals surface area contributed by atoms with Crippen LogP contribution in [0.15, 0.2) is 60.8 Å². The van der Waals surface area contributed by atoms with E-state index >= 15 is 0 Å². The fourth-order valence-electron chi connectivity index (χ4n) is 6.36. The third kappa shape index (κ3) is 5.15. The van der Waals surface area contributed by atoms with Gasteiger partial charge in [-0.15, -0.1) is 0 Å². The number of amides is 3. The Morgan fingerprint density at radius 2 is 1.80 bits per heavy atom. The highest BCUT2D eigenvalue weighted by Crippen LogP contribution is 2.51. The van der Waals surface area contributed by atoms with Crippen molar-refractivity contribution in [2.24, 2.45) is 11.7 Å². The molecular weight excluding hydrogens is 592 g/mol. The van der Waals surface area contributed by atoms with E-state index < -0.39 is 29.3 Å². The maximum atomic E-state index is 13.7. The summed E-state index contributed by atoms with van der Waals surface area (Å²) in [6.45, 7) is 4.12. The fraction of sp³-hybridized carbons (Fsp3) is 0.286. The van der Waals surface area contributed by atoms with Crippen LogP contribution in [-0.4, -0.2) is 33.3 Å². The Kier molecular flexibility index (Phi) is 7.06. The summed E-state index contributed by atoms with van der Waals surface area (Å²) in [6.07, 6.45) is 2.98. The lowest BCUT2D eigenvalue weighted by atomic mass is 9.88. The zero-order valence-corrected chi connectivity index (χ0v) is 25.3. The van der Waals surface area contributed by atoms with Crippen LogP contribution in [0.4, 0.5) is 14.5 Å². The predicted molar refractivity (Wildman–Crippen MR) is 165 cm³/mol. The summed E-state index contributed by atoms with van der Waals surface area (Å²) >= 11 is 0. The van der Waals surface area contributed by atoms with Crippen molar-refractivity contribution in [1.29, 1.82) is 0 Å². The van der Waals surface area contributed by atoms with E-state index in [1.165, 1.54) is 24.3 Å². The van der Waals surface area contributed by atoms with Crippen molar-refractivity contribution < 1.29 is 27.9 Å². The maximum Gasteiger partial charge on any atom is 0.271 e. The van der Waals surface area contributed by atoms with Crippen molar-refractivity contribution in [1.82, 2.24) is 15.3 Å². The van der Waals surface area contributed by atoms with E-state index in [1.54, 1.807) is 35.2 Å². The first-order valence-electron chi connectivity index (χ1n) is 15.2. The molecule has 4 heterocycles. The molecule has 1 fully saturated rings. The average Bonchev–Trinajstić information content (AvgIpc) is 3.72. The maximum absolute atomic E-state index is 13.7. The first kappa shape index (κ1) is 29.5. The molecule has 7 rings (SSSR count). The second-order valence-electron chi connectivity index (χ2n) is 12.5. The first-order valence-corrected chi connectivity index (χ1v) is 15.2. The van der Waals surface area contributed by atoms with Gasteiger partial charge in [-0.25, -0.2) is 8.78 Å². The number of halogens is 2. The standard InChI is InChI=1S/C35H31F2N5O4/c1-18(2)13-24-29(32(38)43)28(30-31(40-24)25(41-33(30)44)14-19-3-6-21(36)7-4-19)20-5-10-26-27(15-20)46-35(11-12-35)34(45)42(26)17-23-9-8-22(37)16-39-23/h3-10,15-16,18,25H,11-14,17H2,1-2H3,(H2,38,43)(H,41,44). The molecule has 4 aromatic rings. The lowest BCUT2D eigenvalue weighted by Gasteiger charge is -2.35. The molecular formula is C35H31F2N5O4. The van der Waals surface area contributed by atoms with E-state index in [1.807, 2.05) is 13.8 Å². The molecule has 3 amide bonds. The van der Waals surface area contributed by atoms with Gasteiger partial charge >= 0.3 is 0 Å². The Morgan fingerprint density at radius 3 is 2.46 bits per heavy atom. The van der Waals surface area contributed by atoms with Gasteiger partial charge in [0.15, 0.2) is 5.60 Å². The third-order valence-electron chi connectivity index (χ3n) is 8.66. The number of nitrogens with two attached hydrogens (primary N) is 1. The Bertz CT molecular complexity index is 1910. The van der Waals surface area contributed by atoms with Crippen LogP contribution in [0.5, 0.6) is 5.75 Å². The Hall–Kier alpha value is -5.19. The number of rotatable bonds is 8. The van der Waals surface area contributed by atoms with E-state index in [0.717, 1.165) is 11.8 Å². The zero-order chi connectivity index (χ0) is 32.3. The summed E-state index contributed by atoms with van der Waals surface area (Å²) in [4.78, 5) is 50.9. The molecule has 11 heteroatoms. The molecule has 3 aliphatic rings. The van der Waals surface area contributed by atoms with Crippen LogP contribution in [0, 0.1) is 17.6 Å². The van der Waals surface area contributed by atoms with Crippen LogP contribution in [0.3, 0.4) is 0 Å². The molecule has 2 aliphatic heterocycles. The molecule has 3 N–H and O–H groups in total. The largest absolute Gasteiger partial charge is 0.475 e. The molecule has 0 radical (unpaired) electrons. The summed E-state index contributed by atoms with van der Waals surface area (Å²) < 4.78 is 33.4. The minimum absolute atomic E-state index is 0.111. The Labute approximate surface area is 263 Å². The van der Waals surface area contributed by atoms with E-state index in [-0.39, 0.29) is 35.3 Å². The van der Waals surface area contributed by atoms with Crippen LogP contribution >= 0.6 is 0 Å². The number of aromatic nitrogens is 2. The van der Waals surface area contributed by atoms with Gasteiger partial charge in [0.1, 0.15) is 17.4 Å². The number of hydrogen-bond acceptors (Lipinski definition) is 6. The van der Waals surface area contributed by atoms with Crippen LogP contribution in [0.1, 0.15) is 76.1 Å². The molecule has 2 aromatic carbocycles. The Balaban J connectivity index is 1.37. The van der Waals surface area contributed by atoms with Crippen molar-refractivity contribution in [3.63, 3.8) is 0 Å². The monoisotopic (exact) mass is 623 g/mol. The van der Waals surface area contributed by atoms with Gasteiger partial charge in [0.05, 0.1) is 52.7 Å². The highest BCUT2D eigenvalue weighted by Gasteiger charge is 2.58. The predicted octanol–water partition coefficient (Wildman–Crippen LogP) is 5.20. The highest BCUT2D eigenvalue weighted by atomic mass is 19.1. The molecule has 234 valence electrons. The van der Waals surface area contributed by atoms with Crippen molar-refractivity contribution in [2.45, 2.75) is 57.7 Å². The molecule has 0 bridgehead atoms. The van der Waals surface area contributed by atoms with Gasteiger partial charge in [0, 0.05) is 18.4 Å². The van der Waals surface area contributed by atoms with E-state index in [9.17, 15) is 23.2 Å². The zero-order valence-electron chi connectivity index (χ0n) is 25.3. The molecule has 1 saturated carbocycles. The second kappa shape index (κ2) is 11.0. The number of ether oxygens (including phenoxy) is 1. The highest BCUT2D eigenvalue weighted by molar-refractivity contribution is 6.12. The number of benzene rings is 2. The van der Waals surface area contributed by atoms with Crippen molar-refractivity contribution in [2.75, 3.05) is 4.90 Å². The summed E-state index contributed by atoms with van der Waals surface area (Å²) in [5, 5.41) is 3.00. The summed E-state index contributed by atoms with van der Waals surface area (Å²) in [5.74, 6) is -1.63. The van der Waals surface area contributed by atoms with E-state index in [0.29, 0.717) is 65.3 Å². The fourth-order valence-corrected chi connectivity index (χ4v) is 6.36. The van der Waals surface area contributed by atoms with Crippen LogP contribution < -0.4 is 20.7 Å². The average molecular weight is 624 g/mol. The molecule has 46 heavy (non-hydrogen) atoms. The minimum Gasteiger partial charge on any atom is -0.475 e. The van der Waals surface area contributed by atoms with Gasteiger partial charge in [-0.3, -0.25) is 29.3 Å². The number of fused-ring (bicyclic) bond motifs is 2. The van der Waals surface area contributed by atoms with Crippen molar-refractivity contribution >= 4 is 23.4 Å². The Morgan fingerprint density at radius 1 is 1.07 bits per heavy atom. The smallest absolute Gasteiger partial charge is 0.271 e. The summed E-state index contributed by atoms with van der Waals surface area (Å²) in [6, 6.07) is 13.5. The molecule has 1 spiro atoms. The van der Waals surface area contributed by atoms with E-state index in [4.69, 9.17) is 15.5 Å². The van der Waals surface area contributed by atoms with Gasteiger partial charge in [0.2, 0.25) is 0 Å². The van der Waals surface area contributed by atoms with Crippen molar-refractivity contribution in [3.8, 4) is 16.9 Å². The van der Waals surface area contributed by atoms with Gasteiger partial charge in [-0.1, -0.05) is 32.0 Å². The lowest BCUT2D eigenvalue weighted by molar-refractivity contribution is -0.128. The summed E-state index contributed by atoms with van der Waals surface area (Å²) in [7, 11) is 0. The number of pyridine rings is 2. The van der Waals surface area contributed by atoms with Gasteiger partial charge < -0.3 is 15.8 Å². The summed E-state index contributed by atoms with van der Waals surface area (Å²) in [5.41, 5.74) is 9.03. The third-order valence-corrected chi connectivity index (χ3v) is 8.66. The van der Waals surface area contributed by atoms with Gasteiger partial charge in [0.25, 0.3) is 17.7 Å². The number of nitrogens with one attached hydrogen (secondary N) is 1. The molecule has 1 atom stereocenters. The molecule has 9 nitrogen and oxygen atoms in total. The first-order chi connectivity index (χ1) is 22.0. The number of carbonyl (C=O) groups excluding carboxylic acids is 3. The topological polar surface area (TPSA) is 128 Å². The number of primary amides is 1. The van der Waals surface area contributed by atoms with E-state index in [2.05, 4.69) is 10.3 Å². The SMILES string of the molecule is CC(C)Cc1nc2c(c(-c3ccc4c(c3)OC3(CC3)C(=O)N4Cc3ccc(F)cn3)c1C(N)=O)C(=O)NC2Cc1ccc(F)cc1. The molecule has 2 aromatic heterocycles. The molecule has 1 unspecified atom stereocenters. The molecule has 1 aliphatic carbocycles. The number of anilines is 1. The normalized spacial score (nSPS) is 17.5. The quantitative estimate of drug-likeness (QED) is 0.278. The molecule has 0 saturated heterocycles. The minimum atomic E-state index is -1.02. The number of hydrogen-bond donors (Lipinski definition) is 2. The number of carbonyl (C=O) groups is 3. The lowest BCUT2D eigenvalue weighted by Crippen LogP contribution is -2.47. The van der Waals surface area contributed by atoms with Crippen LogP contribution in [0.2, 0.25) is 0 Å². The number of nitrogens with zero attached hydrogens (tertiary/aromatic N) is 3. The van der Waals surface area contributed by atoms with Gasteiger partial charge in [-0.2, -0.15) is 0 Å². The van der Waals surface area contributed by atoms with Crippen LogP contribution in [-0.2, 0) is 24.2 Å².